The molecule has 5 heteroatoms. The molecule has 102 valence electrons. The number of amides is 2. The van der Waals surface area contributed by atoms with Crippen LogP contribution in [-0.2, 0) is 4.79 Å². The number of aliphatic carboxylic acids is 1. The summed E-state index contributed by atoms with van der Waals surface area (Å²) in [5, 5.41) is 8.74. The Morgan fingerprint density at radius 2 is 1.72 bits per heavy atom. The normalized spacial score (nSPS) is 19.8. The maximum atomic E-state index is 12.4. The number of carboxylic acid groups (broad SMARTS) is 1. The third-order valence-electron chi connectivity index (χ3n) is 3.97. The van der Waals surface area contributed by atoms with Crippen molar-refractivity contribution >= 4 is 12.0 Å². The summed E-state index contributed by atoms with van der Waals surface area (Å²) < 4.78 is 0. The molecule has 0 aromatic carbocycles. The van der Waals surface area contributed by atoms with Gasteiger partial charge >= 0.3 is 12.0 Å². The van der Waals surface area contributed by atoms with Crippen LogP contribution in [0.4, 0.5) is 4.79 Å². The minimum Gasteiger partial charge on any atom is -0.481 e. The molecule has 0 aromatic heterocycles. The highest BCUT2D eigenvalue weighted by Gasteiger charge is 2.36. The van der Waals surface area contributed by atoms with E-state index >= 15 is 0 Å². The van der Waals surface area contributed by atoms with Gasteiger partial charge < -0.3 is 14.9 Å². The number of carbonyl (C=O) groups excluding carboxylic acids is 1. The zero-order valence-corrected chi connectivity index (χ0v) is 11.0. The smallest absolute Gasteiger partial charge is 0.320 e. The lowest BCUT2D eigenvalue weighted by Gasteiger charge is -2.31. The van der Waals surface area contributed by atoms with Crippen molar-refractivity contribution < 1.29 is 14.7 Å². The highest BCUT2D eigenvalue weighted by Crippen LogP contribution is 2.30. The van der Waals surface area contributed by atoms with Gasteiger partial charge in [0, 0.05) is 25.7 Å². The Bertz CT molecular complexity index is 322. The van der Waals surface area contributed by atoms with E-state index < -0.39 is 5.97 Å². The van der Waals surface area contributed by atoms with Crippen molar-refractivity contribution in [3.05, 3.63) is 0 Å². The first-order valence-corrected chi connectivity index (χ1v) is 6.85. The molecule has 0 aromatic rings. The molecular formula is C13H22N2O3. The van der Waals surface area contributed by atoms with Crippen molar-refractivity contribution in [1.82, 2.24) is 9.80 Å². The third kappa shape index (κ3) is 3.15. The Morgan fingerprint density at radius 1 is 1.11 bits per heavy atom. The average Bonchev–Trinajstić information content (AvgIpc) is 3.02. The van der Waals surface area contributed by atoms with Crippen LogP contribution in [0, 0.1) is 0 Å². The van der Waals surface area contributed by atoms with Gasteiger partial charge in [0.2, 0.25) is 0 Å². The summed E-state index contributed by atoms with van der Waals surface area (Å²) in [6.45, 7) is 0.343. The monoisotopic (exact) mass is 254 g/mol. The molecule has 2 aliphatic rings. The van der Waals surface area contributed by atoms with Crippen LogP contribution < -0.4 is 0 Å². The Labute approximate surface area is 108 Å². The van der Waals surface area contributed by atoms with Crippen LogP contribution in [0.25, 0.3) is 0 Å². The third-order valence-corrected chi connectivity index (χ3v) is 3.97. The van der Waals surface area contributed by atoms with Gasteiger partial charge in [-0.15, -0.1) is 0 Å². The number of hydrogen-bond acceptors (Lipinski definition) is 2. The molecule has 1 N–H and O–H groups in total. The maximum Gasteiger partial charge on any atom is 0.320 e. The number of hydrogen-bond donors (Lipinski definition) is 1. The van der Waals surface area contributed by atoms with Gasteiger partial charge in [0.05, 0.1) is 6.42 Å². The van der Waals surface area contributed by atoms with Crippen LogP contribution in [0.15, 0.2) is 0 Å². The van der Waals surface area contributed by atoms with Crippen LogP contribution in [0.2, 0.25) is 0 Å². The van der Waals surface area contributed by atoms with Crippen molar-refractivity contribution in [2.24, 2.45) is 0 Å². The summed E-state index contributed by atoms with van der Waals surface area (Å²) in [6.07, 6.45) is 6.63. The lowest BCUT2D eigenvalue weighted by Crippen LogP contribution is -2.46. The molecule has 2 fully saturated rings. The molecule has 2 amide bonds. The van der Waals surface area contributed by atoms with Crippen LogP contribution in [0.5, 0.6) is 0 Å². The fourth-order valence-electron chi connectivity index (χ4n) is 2.69. The molecule has 0 unspecified atom stereocenters. The molecule has 0 aliphatic heterocycles. The predicted octanol–water partition coefficient (Wildman–Crippen LogP) is 1.92. The van der Waals surface area contributed by atoms with E-state index in [2.05, 4.69) is 0 Å². The lowest BCUT2D eigenvalue weighted by molar-refractivity contribution is -0.137. The number of urea groups is 1. The Balaban J connectivity index is 1.91. The summed E-state index contributed by atoms with van der Waals surface area (Å²) in [5.41, 5.74) is 0. The van der Waals surface area contributed by atoms with E-state index in [1.165, 1.54) is 12.8 Å². The minimum absolute atomic E-state index is 0.0191. The highest BCUT2D eigenvalue weighted by atomic mass is 16.4. The maximum absolute atomic E-state index is 12.4. The van der Waals surface area contributed by atoms with Gasteiger partial charge in [-0.05, 0) is 25.7 Å². The summed E-state index contributed by atoms with van der Waals surface area (Å²) in [6, 6.07) is 0.648. The molecule has 2 saturated carbocycles. The van der Waals surface area contributed by atoms with Gasteiger partial charge in [0.1, 0.15) is 0 Å². The fraction of sp³-hybridized carbons (Fsp3) is 0.846. The van der Waals surface area contributed by atoms with E-state index in [0.29, 0.717) is 12.6 Å². The molecule has 2 aliphatic carbocycles. The SMILES string of the molecule is CN(C(=O)N(CCC(=O)O)C1CC1)C1CCCC1. The van der Waals surface area contributed by atoms with Crippen molar-refractivity contribution in [3.8, 4) is 0 Å². The molecule has 0 bridgehead atoms. The first-order chi connectivity index (χ1) is 8.59. The Morgan fingerprint density at radius 3 is 2.22 bits per heavy atom. The first-order valence-electron chi connectivity index (χ1n) is 6.85. The quantitative estimate of drug-likeness (QED) is 0.815. The summed E-state index contributed by atoms with van der Waals surface area (Å²) >= 11 is 0. The topological polar surface area (TPSA) is 60.9 Å². The summed E-state index contributed by atoms with van der Waals surface area (Å²) in [5.74, 6) is -0.836. The summed E-state index contributed by atoms with van der Waals surface area (Å²) in [4.78, 5) is 26.6. The Kier molecular flexibility index (Phi) is 4.09. The van der Waals surface area contributed by atoms with Gasteiger partial charge in [-0.1, -0.05) is 12.8 Å². The standard InChI is InChI=1S/C13H22N2O3/c1-14(10-4-2-3-5-10)13(18)15(11-6-7-11)9-8-12(16)17/h10-11H,2-9H2,1H3,(H,16,17). The van der Waals surface area contributed by atoms with Gasteiger partial charge in [-0.3, -0.25) is 4.79 Å². The lowest BCUT2D eigenvalue weighted by atomic mass is 10.2. The van der Waals surface area contributed by atoms with Gasteiger partial charge in [0.25, 0.3) is 0 Å². The van der Waals surface area contributed by atoms with Crippen molar-refractivity contribution in [3.63, 3.8) is 0 Å². The van der Waals surface area contributed by atoms with Crippen LogP contribution in [0.1, 0.15) is 44.9 Å². The number of carbonyl (C=O) groups is 2. The molecule has 5 nitrogen and oxygen atoms in total. The number of rotatable bonds is 5. The zero-order chi connectivity index (χ0) is 13.1. The average molecular weight is 254 g/mol. The molecule has 0 radical (unpaired) electrons. The largest absolute Gasteiger partial charge is 0.481 e. The van der Waals surface area contributed by atoms with Gasteiger partial charge in [-0.25, -0.2) is 4.79 Å². The first kappa shape index (κ1) is 13.2. The second-order valence-corrected chi connectivity index (χ2v) is 5.40. The van der Waals surface area contributed by atoms with Crippen molar-refractivity contribution in [2.45, 2.75) is 57.0 Å². The van der Waals surface area contributed by atoms with E-state index in [1.807, 2.05) is 11.9 Å². The predicted molar refractivity (Wildman–Crippen MR) is 67.4 cm³/mol. The molecule has 18 heavy (non-hydrogen) atoms. The Hall–Kier alpha value is -1.26. The minimum atomic E-state index is -0.836. The van der Waals surface area contributed by atoms with E-state index in [9.17, 15) is 9.59 Å². The zero-order valence-electron chi connectivity index (χ0n) is 11.0. The van der Waals surface area contributed by atoms with E-state index in [0.717, 1.165) is 25.7 Å². The van der Waals surface area contributed by atoms with E-state index in [4.69, 9.17) is 5.11 Å². The molecule has 0 atom stereocenters. The molecule has 0 heterocycles. The molecule has 0 saturated heterocycles. The van der Waals surface area contributed by atoms with Crippen molar-refractivity contribution in [2.75, 3.05) is 13.6 Å². The second-order valence-electron chi connectivity index (χ2n) is 5.40. The van der Waals surface area contributed by atoms with Gasteiger partial charge in [-0.2, -0.15) is 0 Å². The van der Waals surface area contributed by atoms with E-state index in [1.54, 1.807) is 4.90 Å². The van der Waals surface area contributed by atoms with Crippen LogP contribution in [-0.4, -0.2) is 52.6 Å². The molecule has 2 rings (SSSR count). The number of nitrogens with zero attached hydrogens (tertiary/aromatic N) is 2. The van der Waals surface area contributed by atoms with Crippen LogP contribution in [0.3, 0.4) is 0 Å². The van der Waals surface area contributed by atoms with Crippen LogP contribution >= 0.6 is 0 Å². The van der Waals surface area contributed by atoms with E-state index in [-0.39, 0.29) is 18.5 Å². The second kappa shape index (κ2) is 5.59. The summed E-state index contributed by atoms with van der Waals surface area (Å²) in [7, 11) is 1.86. The van der Waals surface area contributed by atoms with Crippen molar-refractivity contribution in [1.29, 1.82) is 0 Å². The molecular weight excluding hydrogens is 232 g/mol. The highest BCUT2D eigenvalue weighted by molar-refractivity contribution is 5.76. The molecule has 0 spiro atoms. The van der Waals surface area contributed by atoms with Gasteiger partial charge in [0.15, 0.2) is 0 Å². The fourth-order valence-corrected chi connectivity index (χ4v) is 2.69. The number of carboxylic acids is 1.